The number of anilines is 1. The standard InChI is InChI=1S/C15H13ClN2OS2/c16-12-8-10(15(17)20)6-7-13(12)18-14(19)9-21-11-4-2-1-3-5-11/h1-8H,9H2,(H2,17,20)(H,18,19). The molecule has 0 spiro atoms. The zero-order valence-electron chi connectivity index (χ0n) is 11.0. The minimum Gasteiger partial charge on any atom is -0.389 e. The second kappa shape index (κ2) is 7.45. The fourth-order valence-electron chi connectivity index (χ4n) is 1.62. The summed E-state index contributed by atoms with van der Waals surface area (Å²) in [4.78, 5) is 13.2. The van der Waals surface area contributed by atoms with E-state index in [1.165, 1.54) is 11.8 Å². The number of thioether (sulfide) groups is 1. The van der Waals surface area contributed by atoms with Gasteiger partial charge in [-0.15, -0.1) is 11.8 Å². The van der Waals surface area contributed by atoms with E-state index in [9.17, 15) is 4.79 Å². The lowest BCUT2D eigenvalue weighted by Gasteiger charge is -2.08. The number of amides is 1. The molecule has 0 fully saturated rings. The molecular formula is C15H13ClN2OS2. The Morgan fingerprint density at radius 2 is 1.95 bits per heavy atom. The van der Waals surface area contributed by atoms with Crippen molar-refractivity contribution in [2.75, 3.05) is 11.1 Å². The fourth-order valence-corrected chi connectivity index (χ4v) is 2.70. The summed E-state index contributed by atoms with van der Waals surface area (Å²) in [5, 5.41) is 3.19. The van der Waals surface area contributed by atoms with Crippen molar-refractivity contribution in [2.24, 2.45) is 5.73 Å². The summed E-state index contributed by atoms with van der Waals surface area (Å²) in [6.45, 7) is 0. The molecule has 0 bridgehead atoms. The molecule has 0 aliphatic carbocycles. The highest BCUT2D eigenvalue weighted by molar-refractivity contribution is 8.00. The Hall–Kier alpha value is -1.56. The maximum Gasteiger partial charge on any atom is 0.234 e. The third-order valence-corrected chi connectivity index (χ3v) is 4.20. The normalized spacial score (nSPS) is 10.1. The van der Waals surface area contributed by atoms with Crippen molar-refractivity contribution in [1.82, 2.24) is 0 Å². The Morgan fingerprint density at radius 3 is 2.57 bits per heavy atom. The number of carbonyl (C=O) groups is 1. The van der Waals surface area contributed by atoms with Gasteiger partial charge in [-0.1, -0.05) is 42.0 Å². The zero-order chi connectivity index (χ0) is 15.2. The van der Waals surface area contributed by atoms with Crippen LogP contribution >= 0.6 is 35.6 Å². The van der Waals surface area contributed by atoms with Crippen LogP contribution in [0.3, 0.4) is 0 Å². The lowest BCUT2D eigenvalue weighted by atomic mass is 10.2. The van der Waals surface area contributed by atoms with Crippen molar-refractivity contribution in [3.63, 3.8) is 0 Å². The topological polar surface area (TPSA) is 55.1 Å². The van der Waals surface area contributed by atoms with E-state index >= 15 is 0 Å². The van der Waals surface area contributed by atoms with Crippen LogP contribution in [0.25, 0.3) is 0 Å². The van der Waals surface area contributed by atoms with Crippen molar-refractivity contribution in [2.45, 2.75) is 4.90 Å². The third-order valence-electron chi connectivity index (χ3n) is 2.64. The molecule has 1 amide bonds. The maximum atomic E-state index is 11.9. The largest absolute Gasteiger partial charge is 0.389 e. The minimum absolute atomic E-state index is 0.117. The van der Waals surface area contributed by atoms with Gasteiger partial charge in [0.1, 0.15) is 4.99 Å². The molecule has 0 atom stereocenters. The number of halogens is 1. The van der Waals surface area contributed by atoms with Gasteiger partial charge in [0, 0.05) is 10.5 Å². The number of nitrogens with two attached hydrogens (primary N) is 1. The molecule has 0 saturated heterocycles. The molecule has 108 valence electrons. The van der Waals surface area contributed by atoms with Crippen LogP contribution < -0.4 is 11.1 Å². The van der Waals surface area contributed by atoms with Crippen molar-refractivity contribution < 1.29 is 4.79 Å². The van der Waals surface area contributed by atoms with E-state index in [0.29, 0.717) is 22.0 Å². The number of thiocarbonyl (C=S) groups is 1. The first-order valence-corrected chi connectivity index (χ1v) is 7.90. The van der Waals surface area contributed by atoms with Gasteiger partial charge in [0.25, 0.3) is 0 Å². The smallest absolute Gasteiger partial charge is 0.234 e. The summed E-state index contributed by atoms with van der Waals surface area (Å²) in [7, 11) is 0. The summed E-state index contributed by atoms with van der Waals surface area (Å²) in [6, 6.07) is 14.8. The molecular weight excluding hydrogens is 324 g/mol. The molecule has 0 aromatic heterocycles. The summed E-state index contributed by atoms with van der Waals surface area (Å²) in [5.74, 6) is 0.200. The van der Waals surface area contributed by atoms with E-state index in [1.807, 2.05) is 30.3 Å². The van der Waals surface area contributed by atoms with E-state index in [1.54, 1.807) is 18.2 Å². The van der Waals surface area contributed by atoms with E-state index in [2.05, 4.69) is 5.32 Å². The van der Waals surface area contributed by atoms with Crippen molar-refractivity contribution in [1.29, 1.82) is 0 Å². The molecule has 0 aliphatic heterocycles. The third kappa shape index (κ3) is 4.74. The molecule has 0 aliphatic rings. The van der Waals surface area contributed by atoms with Crippen LogP contribution in [0.5, 0.6) is 0 Å². The zero-order valence-corrected chi connectivity index (χ0v) is 13.4. The molecule has 2 aromatic carbocycles. The summed E-state index contributed by atoms with van der Waals surface area (Å²) in [5.41, 5.74) is 6.75. The van der Waals surface area contributed by atoms with Crippen LogP contribution in [-0.2, 0) is 4.79 Å². The highest BCUT2D eigenvalue weighted by Gasteiger charge is 2.08. The molecule has 3 N–H and O–H groups in total. The molecule has 21 heavy (non-hydrogen) atoms. The Morgan fingerprint density at radius 1 is 1.24 bits per heavy atom. The monoisotopic (exact) mass is 336 g/mol. The van der Waals surface area contributed by atoms with Crippen molar-refractivity contribution >= 4 is 52.2 Å². The number of benzene rings is 2. The van der Waals surface area contributed by atoms with Gasteiger partial charge in [0.2, 0.25) is 5.91 Å². The number of hydrogen-bond acceptors (Lipinski definition) is 3. The van der Waals surface area contributed by atoms with Gasteiger partial charge in [-0.05, 0) is 30.3 Å². The van der Waals surface area contributed by atoms with Crippen LogP contribution in [0, 0.1) is 0 Å². The fraction of sp³-hybridized carbons (Fsp3) is 0.0667. The first-order valence-electron chi connectivity index (χ1n) is 6.13. The summed E-state index contributed by atoms with van der Waals surface area (Å²) in [6.07, 6.45) is 0. The molecule has 0 saturated carbocycles. The van der Waals surface area contributed by atoms with Gasteiger partial charge >= 0.3 is 0 Å². The van der Waals surface area contributed by atoms with Gasteiger partial charge in [0.15, 0.2) is 0 Å². The predicted molar refractivity (Wildman–Crippen MR) is 93.1 cm³/mol. The van der Waals surface area contributed by atoms with E-state index in [-0.39, 0.29) is 10.9 Å². The maximum absolute atomic E-state index is 11.9. The van der Waals surface area contributed by atoms with Crippen molar-refractivity contribution in [3.8, 4) is 0 Å². The number of rotatable bonds is 5. The molecule has 0 unspecified atom stereocenters. The van der Waals surface area contributed by atoms with Crippen molar-refractivity contribution in [3.05, 3.63) is 59.1 Å². The van der Waals surface area contributed by atoms with Crippen LogP contribution in [0.1, 0.15) is 5.56 Å². The van der Waals surface area contributed by atoms with Gasteiger partial charge in [0.05, 0.1) is 16.5 Å². The molecule has 6 heteroatoms. The van der Waals surface area contributed by atoms with Crippen LogP contribution in [0.4, 0.5) is 5.69 Å². The number of hydrogen-bond donors (Lipinski definition) is 2. The molecule has 2 rings (SSSR count). The van der Waals surface area contributed by atoms with Gasteiger partial charge in [-0.3, -0.25) is 4.79 Å². The summed E-state index contributed by atoms with van der Waals surface area (Å²) >= 11 is 12.4. The Bertz CT molecular complexity index is 662. The van der Waals surface area contributed by atoms with Gasteiger partial charge in [-0.25, -0.2) is 0 Å². The van der Waals surface area contributed by atoms with Crippen LogP contribution in [0.2, 0.25) is 5.02 Å². The second-order valence-electron chi connectivity index (χ2n) is 4.21. The predicted octanol–water partition coefficient (Wildman–Crippen LogP) is 3.71. The second-order valence-corrected chi connectivity index (χ2v) is 6.10. The lowest BCUT2D eigenvalue weighted by molar-refractivity contribution is -0.113. The van der Waals surface area contributed by atoms with E-state index in [4.69, 9.17) is 29.6 Å². The van der Waals surface area contributed by atoms with Crippen LogP contribution in [0.15, 0.2) is 53.4 Å². The molecule has 2 aromatic rings. The Kier molecular flexibility index (Phi) is 5.61. The minimum atomic E-state index is -0.117. The average Bonchev–Trinajstić information content (AvgIpc) is 2.48. The van der Waals surface area contributed by atoms with Gasteiger partial charge < -0.3 is 11.1 Å². The molecule has 0 heterocycles. The SMILES string of the molecule is NC(=S)c1ccc(NC(=O)CSc2ccccc2)c(Cl)c1. The summed E-state index contributed by atoms with van der Waals surface area (Å²) < 4.78 is 0. The lowest BCUT2D eigenvalue weighted by Crippen LogP contribution is -2.15. The molecule has 0 radical (unpaired) electrons. The number of nitrogens with one attached hydrogen (secondary N) is 1. The highest BCUT2D eigenvalue weighted by atomic mass is 35.5. The first kappa shape index (κ1) is 15.8. The quantitative estimate of drug-likeness (QED) is 0.645. The highest BCUT2D eigenvalue weighted by Crippen LogP contribution is 2.24. The first-order chi connectivity index (χ1) is 10.1. The Labute approximate surface area is 137 Å². The van der Waals surface area contributed by atoms with E-state index in [0.717, 1.165) is 4.90 Å². The molecule has 3 nitrogen and oxygen atoms in total. The van der Waals surface area contributed by atoms with E-state index < -0.39 is 0 Å². The number of carbonyl (C=O) groups excluding carboxylic acids is 1. The van der Waals surface area contributed by atoms with Crippen LogP contribution in [-0.4, -0.2) is 16.6 Å². The Balaban J connectivity index is 1.95. The average molecular weight is 337 g/mol. The van der Waals surface area contributed by atoms with Gasteiger partial charge in [-0.2, -0.15) is 0 Å².